The van der Waals surface area contributed by atoms with Gasteiger partial charge in [-0.15, -0.1) is 0 Å². The molecule has 3 nitrogen and oxygen atoms in total. The van der Waals surface area contributed by atoms with Crippen LogP contribution in [0, 0.1) is 5.82 Å². The largest absolute Gasteiger partial charge is 0.494 e. The number of hydrogen-bond acceptors (Lipinski definition) is 2. The molecule has 148 valence electrons. The Balaban J connectivity index is 2.01. The minimum atomic E-state index is -0.261. The maximum absolute atomic E-state index is 13.9. The van der Waals surface area contributed by atoms with Crippen molar-refractivity contribution in [1.29, 1.82) is 0 Å². The van der Waals surface area contributed by atoms with Gasteiger partial charge in [0.25, 0.3) is 0 Å². The van der Waals surface area contributed by atoms with E-state index in [1.165, 1.54) is 6.07 Å². The lowest BCUT2D eigenvalue weighted by atomic mass is 9.80. The van der Waals surface area contributed by atoms with Crippen molar-refractivity contribution < 1.29 is 13.9 Å². The molecule has 1 N–H and O–H groups in total. The van der Waals surface area contributed by atoms with Crippen LogP contribution in [0.1, 0.15) is 51.0 Å². The van der Waals surface area contributed by atoms with Crippen LogP contribution in [0.15, 0.2) is 54.6 Å². The van der Waals surface area contributed by atoms with Crippen LogP contribution in [0.5, 0.6) is 5.75 Å². The molecule has 0 heterocycles. The number of hydrogen-bond donors (Lipinski definition) is 1. The summed E-state index contributed by atoms with van der Waals surface area (Å²) in [6.45, 7) is 4.34. The van der Waals surface area contributed by atoms with E-state index in [0.29, 0.717) is 6.61 Å². The molecule has 0 fully saturated rings. The molecular weight excluding hydrogens is 353 g/mol. The number of ether oxygens (including phenoxy) is 1. The summed E-state index contributed by atoms with van der Waals surface area (Å²) >= 11 is 0. The summed E-state index contributed by atoms with van der Waals surface area (Å²) in [6.07, 6.45) is 7.97. The lowest BCUT2D eigenvalue weighted by molar-refractivity contribution is -0.119. The topological polar surface area (TPSA) is 38.3 Å². The quantitative estimate of drug-likeness (QED) is 0.500. The molecular formula is C24H28FNO2. The standard InChI is InChI=1S/C24H28FNO2/c1-3-4-14-28-20-12-13-21(22-10-5-6-11-24(22)26-17(2)27)23(16-20)18-8-7-9-19(25)15-18/h5-9,12-13,15-16,22,24H,3-4,10-11,14H2,1-2H3,(H,26,27). The van der Waals surface area contributed by atoms with Crippen LogP contribution in [-0.2, 0) is 4.79 Å². The van der Waals surface area contributed by atoms with Crippen molar-refractivity contribution in [3.63, 3.8) is 0 Å². The molecule has 2 aromatic carbocycles. The summed E-state index contributed by atoms with van der Waals surface area (Å²) in [5.41, 5.74) is 2.90. The molecule has 4 heteroatoms. The fourth-order valence-electron chi connectivity index (χ4n) is 3.77. The number of nitrogens with one attached hydrogen (secondary N) is 1. The molecule has 2 unspecified atom stereocenters. The van der Waals surface area contributed by atoms with Crippen LogP contribution >= 0.6 is 0 Å². The van der Waals surface area contributed by atoms with Gasteiger partial charge in [0, 0.05) is 18.9 Å². The molecule has 1 aliphatic carbocycles. The Morgan fingerprint density at radius 1 is 1.18 bits per heavy atom. The Kier molecular flexibility index (Phi) is 6.85. The molecule has 0 radical (unpaired) electrons. The van der Waals surface area contributed by atoms with Crippen LogP contribution < -0.4 is 10.1 Å². The number of unbranched alkanes of at least 4 members (excludes halogenated alkanes) is 1. The molecule has 0 bridgehead atoms. The second-order valence-electron chi connectivity index (χ2n) is 7.32. The lowest BCUT2D eigenvalue weighted by Crippen LogP contribution is -2.38. The van der Waals surface area contributed by atoms with E-state index in [0.717, 1.165) is 48.1 Å². The summed E-state index contributed by atoms with van der Waals surface area (Å²) in [4.78, 5) is 11.7. The Bertz CT molecular complexity index is 846. The summed E-state index contributed by atoms with van der Waals surface area (Å²) in [5.74, 6) is 0.635. The molecule has 2 atom stereocenters. The van der Waals surface area contributed by atoms with Crippen molar-refractivity contribution in [3.05, 3.63) is 66.0 Å². The Morgan fingerprint density at radius 2 is 2.00 bits per heavy atom. The number of benzene rings is 2. The van der Waals surface area contributed by atoms with Gasteiger partial charge in [-0.3, -0.25) is 4.79 Å². The molecule has 28 heavy (non-hydrogen) atoms. The molecule has 1 amide bonds. The number of carbonyl (C=O) groups is 1. The van der Waals surface area contributed by atoms with Gasteiger partial charge in [-0.25, -0.2) is 4.39 Å². The fourth-order valence-corrected chi connectivity index (χ4v) is 3.77. The van der Waals surface area contributed by atoms with E-state index in [2.05, 4.69) is 30.5 Å². The zero-order valence-electron chi connectivity index (χ0n) is 16.6. The average molecular weight is 381 g/mol. The minimum Gasteiger partial charge on any atom is -0.494 e. The van der Waals surface area contributed by atoms with Gasteiger partial charge >= 0.3 is 0 Å². The molecule has 2 aromatic rings. The van der Waals surface area contributed by atoms with Gasteiger partial charge in [-0.05, 0) is 60.2 Å². The third kappa shape index (κ3) is 5.00. The van der Waals surface area contributed by atoms with Crippen molar-refractivity contribution in [1.82, 2.24) is 5.32 Å². The van der Waals surface area contributed by atoms with E-state index in [1.807, 2.05) is 18.2 Å². The maximum Gasteiger partial charge on any atom is 0.217 e. The second kappa shape index (κ2) is 9.54. The highest BCUT2D eigenvalue weighted by Crippen LogP contribution is 2.38. The number of rotatable bonds is 7. The zero-order valence-corrected chi connectivity index (χ0v) is 16.6. The van der Waals surface area contributed by atoms with E-state index in [1.54, 1.807) is 19.1 Å². The predicted octanol–water partition coefficient (Wildman–Crippen LogP) is 5.61. The predicted molar refractivity (Wildman–Crippen MR) is 111 cm³/mol. The summed E-state index contributed by atoms with van der Waals surface area (Å²) < 4.78 is 19.8. The molecule has 0 aliphatic heterocycles. The molecule has 0 spiro atoms. The third-order valence-corrected chi connectivity index (χ3v) is 5.15. The first kappa shape index (κ1) is 20.1. The van der Waals surface area contributed by atoms with Gasteiger partial charge in [0.2, 0.25) is 5.91 Å². The fraction of sp³-hybridized carbons (Fsp3) is 0.375. The highest BCUT2D eigenvalue weighted by molar-refractivity contribution is 5.74. The van der Waals surface area contributed by atoms with Crippen LogP contribution in [0.3, 0.4) is 0 Å². The van der Waals surface area contributed by atoms with E-state index >= 15 is 0 Å². The summed E-state index contributed by atoms with van der Waals surface area (Å²) in [6, 6.07) is 12.7. The third-order valence-electron chi connectivity index (χ3n) is 5.15. The van der Waals surface area contributed by atoms with Crippen molar-refractivity contribution in [2.45, 2.75) is 51.5 Å². The van der Waals surface area contributed by atoms with Gasteiger partial charge in [-0.1, -0.05) is 43.7 Å². The van der Waals surface area contributed by atoms with Gasteiger partial charge < -0.3 is 10.1 Å². The average Bonchev–Trinajstić information content (AvgIpc) is 2.68. The molecule has 0 aromatic heterocycles. The maximum atomic E-state index is 13.9. The van der Waals surface area contributed by atoms with Crippen molar-refractivity contribution >= 4 is 5.91 Å². The number of amides is 1. The second-order valence-corrected chi connectivity index (χ2v) is 7.32. The van der Waals surface area contributed by atoms with Crippen molar-refractivity contribution in [2.75, 3.05) is 6.61 Å². The van der Waals surface area contributed by atoms with Gasteiger partial charge in [0.05, 0.1) is 6.61 Å². The van der Waals surface area contributed by atoms with Gasteiger partial charge in [-0.2, -0.15) is 0 Å². The number of allylic oxidation sites excluding steroid dienone is 1. The Hall–Kier alpha value is -2.62. The van der Waals surface area contributed by atoms with E-state index in [4.69, 9.17) is 4.74 Å². The van der Waals surface area contributed by atoms with Crippen LogP contribution in [0.25, 0.3) is 11.1 Å². The minimum absolute atomic E-state index is 0.0293. The SMILES string of the molecule is CCCCOc1ccc(C2CC=CCC2NC(C)=O)c(-c2cccc(F)c2)c1. The molecule has 1 aliphatic rings. The monoisotopic (exact) mass is 381 g/mol. The van der Waals surface area contributed by atoms with Gasteiger partial charge in [0.15, 0.2) is 0 Å². The first-order chi connectivity index (χ1) is 13.6. The summed E-state index contributed by atoms with van der Waals surface area (Å²) in [5, 5.41) is 3.08. The highest BCUT2D eigenvalue weighted by Gasteiger charge is 2.27. The van der Waals surface area contributed by atoms with Crippen molar-refractivity contribution in [2.24, 2.45) is 0 Å². The lowest BCUT2D eigenvalue weighted by Gasteiger charge is -2.31. The Morgan fingerprint density at radius 3 is 2.75 bits per heavy atom. The molecule has 0 saturated heterocycles. The van der Waals surface area contributed by atoms with Crippen molar-refractivity contribution in [3.8, 4) is 16.9 Å². The normalized spacial score (nSPS) is 18.7. The number of halogens is 1. The summed E-state index contributed by atoms with van der Waals surface area (Å²) in [7, 11) is 0. The van der Waals surface area contributed by atoms with Crippen LogP contribution in [0.2, 0.25) is 0 Å². The van der Waals surface area contributed by atoms with E-state index < -0.39 is 0 Å². The van der Waals surface area contributed by atoms with E-state index in [9.17, 15) is 9.18 Å². The van der Waals surface area contributed by atoms with Gasteiger partial charge in [0.1, 0.15) is 11.6 Å². The Labute approximate surface area is 166 Å². The smallest absolute Gasteiger partial charge is 0.217 e. The van der Waals surface area contributed by atoms with E-state index in [-0.39, 0.29) is 23.7 Å². The molecule has 3 rings (SSSR count). The molecule has 0 saturated carbocycles. The number of carbonyl (C=O) groups excluding carboxylic acids is 1. The van der Waals surface area contributed by atoms with Crippen LogP contribution in [-0.4, -0.2) is 18.6 Å². The van der Waals surface area contributed by atoms with Crippen LogP contribution in [0.4, 0.5) is 4.39 Å². The highest BCUT2D eigenvalue weighted by atomic mass is 19.1. The first-order valence-corrected chi connectivity index (χ1v) is 10.0. The zero-order chi connectivity index (χ0) is 19.9. The first-order valence-electron chi connectivity index (χ1n) is 10.0.